The van der Waals surface area contributed by atoms with Crippen LogP contribution in [-0.2, 0) is 0 Å². The molecule has 3 atom stereocenters. The van der Waals surface area contributed by atoms with Crippen LogP contribution in [0.5, 0.6) is 0 Å². The lowest BCUT2D eigenvalue weighted by molar-refractivity contribution is 0.253. The SMILES string of the molecule is CC1CCCC(Nc2ccc(-n3cccn3)nc2)C1C. The maximum Gasteiger partial charge on any atom is 0.153 e. The third kappa shape index (κ3) is 2.69. The number of nitrogens with one attached hydrogen (secondary N) is 1. The van der Waals surface area contributed by atoms with Gasteiger partial charge in [0, 0.05) is 18.4 Å². The van der Waals surface area contributed by atoms with E-state index < -0.39 is 0 Å². The smallest absolute Gasteiger partial charge is 0.153 e. The zero-order chi connectivity index (χ0) is 13.9. The van der Waals surface area contributed by atoms with E-state index in [2.05, 4.69) is 35.3 Å². The Morgan fingerprint density at radius 1 is 1.25 bits per heavy atom. The van der Waals surface area contributed by atoms with Crippen molar-refractivity contribution in [2.45, 2.75) is 39.2 Å². The van der Waals surface area contributed by atoms with Crippen molar-refractivity contribution in [3.8, 4) is 5.82 Å². The van der Waals surface area contributed by atoms with Crippen molar-refractivity contribution in [3.05, 3.63) is 36.8 Å². The van der Waals surface area contributed by atoms with Gasteiger partial charge >= 0.3 is 0 Å². The monoisotopic (exact) mass is 270 g/mol. The third-order valence-electron chi connectivity index (χ3n) is 4.55. The molecule has 0 bridgehead atoms. The Bertz CT molecular complexity index is 532. The highest BCUT2D eigenvalue weighted by Gasteiger charge is 2.26. The summed E-state index contributed by atoms with van der Waals surface area (Å²) in [5.74, 6) is 2.37. The molecule has 2 aromatic heterocycles. The number of anilines is 1. The molecule has 0 aliphatic heterocycles. The van der Waals surface area contributed by atoms with E-state index in [0.29, 0.717) is 6.04 Å². The summed E-state index contributed by atoms with van der Waals surface area (Å²) in [6, 6.07) is 6.57. The van der Waals surface area contributed by atoms with E-state index in [0.717, 1.165) is 23.3 Å². The van der Waals surface area contributed by atoms with Gasteiger partial charge in [-0.05, 0) is 36.5 Å². The fourth-order valence-electron chi connectivity index (χ4n) is 3.01. The lowest BCUT2D eigenvalue weighted by Crippen LogP contribution is -2.35. The molecule has 1 N–H and O–H groups in total. The lowest BCUT2D eigenvalue weighted by atomic mass is 9.78. The molecule has 2 aromatic rings. The van der Waals surface area contributed by atoms with Crippen molar-refractivity contribution in [1.29, 1.82) is 0 Å². The van der Waals surface area contributed by atoms with Crippen molar-refractivity contribution >= 4 is 5.69 Å². The van der Waals surface area contributed by atoms with E-state index in [1.807, 2.05) is 24.5 Å². The molecule has 1 aliphatic carbocycles. The summed E-state index contributed by atoms with van der Waals surface area (Å²) in [5, 5.41) is 7.83. The van der Waals surface area contributed by atoms with Crippen LogP contribution < -0.4 is 5.32 Å². The van der Waals surface area contributed by atoms with Crippen LogP contribution in [0.15, 0.2) is 36.8 Å². The number of aromatic nitrogens is 3. The summed E-state index contributed by atoms with van der Waals surface area (Å²) < 4.78 is 1.77. The summed E-state index contributed by atoms with van der Waals surface area (Å²) in [5.41, 5.74) is 1.10. The van der Waals surface area contributed by atoms with Crippen molar-refractivity contribution in [3.63, 3.8) is 0 Å². The number of rotatable bonds is 3. The topological polar surface area (TPSA) is 42.7 Å². The molecular weight excluding hydrogens is 248 g/mol. The van der Waals surface area contributed by atoms with Gasteiger partial charge in [-0.2, -0.15) is 5.10 Å². The zero-order valence-electron chi connectivity index (χ0n) is 12.2. The normalized spacial score (nSPS) is 26.4. The molecule has 0 spiro atoms. The van der Waals surface area contributed by atoms with E-state index >= 15 is 0 Å². The Kier molecular flexibility index (Phi) is 3.72. The Labute approximate surface area is 120 Å². The Morgan fingerprint density at radius 3 is 2.85 bits per heavy atom. The van der Waals surface area contributed by atoms with Crippen molar-refractivity contribution in [2.75, 3.05) is 5.32 Å². The Balaban J connectivity index is 1.69. The lowest BCUT2D eigenvalue weighted by Gasteiger charge is -2.35. The molecule has 1 aliphatic rings. The van der Waals surface area contributed by atoms with Gasteiger partial charge in [0.15, 0.2) is 5.82 Å². The molecule has 4 nitrogen and oxygen atoms in total. The molecule has 2 heterocycles. The summed E-state index contributed by atoms with van der Waals surface area (Å²) >= 11 is 0. The maximum absolute atomic E-state index is 4.47. The molecule has 4 heteroatoms. The van der Waals surface area contributed by atoms with Gasteiger partial charge in [-0.25, -0.2) is 9.67 Å². The summed E-state index contributed by atoms with van der Waals surface area (Å²) in [6.07, 6.45) is 9.51. The van der Waals surface area contributed by atoms with E-state index in [1.54, 1.807) is 10.9 Å². The Morgan fingerprint density at radius 2 is 2.15 bits per heavy atom. The third-order valence-corrected chi connectivity index (χ3v) is 4.55. The van der Waals surface area contributed by atoms with Gasteiger partial charge < -0.3 is 5.32 Å². The highest BCUT2D eigenvalue weighted by atomic mass is 15.3. The summed E-state index contributed by atoms with van der Waals surface area (Å²) in [6.45, 7) is 4.71. The largest absolute Gasteiger partial charge is 0.381 e. The summed E-state index contributed by atoms with van der Waals surface area (Å²) in [7, 11) is 0. The van der Waals surface area contributed by atoms with E-state index in [-0.39, 0.29) is 0 Å². The Hall–Kier alpha value is -1.84. The van der Waals surface area contributed by atoms with Crippen LogP contribution in [0.3, 0.4) is 0 Å². The minimum Gasteiger partial charge on any atom is -0.381 e. The minimum absolute atomic E-state index is 0.566. The molecular formula is C16H22N4. The molecule has 0 radical (unpaired) electrons. The minimum atomic E-state index is 0.566. The predicted octanol–water partition coefficient (Wildman–Crippen LogP) is 3.50. The first-order chi connectivity index (χ1) is 9.74. The molecule has 1 fully saturated rings. The molecule has 0 amide bonds. The highest BCUT2D eigenvalue weighted by Crippen LogP contribution is 2.31. The van der Waals surface area contributed by atoms with Gasteiger partial charge in [0.05, 0.1) is 11.9 Å². The van der Waals surface area contributed by atoms with Crippen LogP contribution in [0, 0.1) is 11.8 Å². The fraction of sp³-hybridized carbons (Fsp3) is 0.500. The van der Waals surface area contributed by atoms with Crippen LogP contribution >= 0.6 is 0 Å². The van der Waals surface area contributed by atoms with Crippen LogP contribution in [0.25, 0.3) is 5.82 Å². The summed E-state index contributed by atoms with van der Waals surface area (Å²) in [4.78, 5) is 4.47. The second-order valence-electron chi connectivity index (χ2n) is 5.87. The van der Waals surface area contributed by atoms with Crippen LogP contribution in [-0.4, -0.2) is 20.8 Å². The maximum atomic E-state index is 4.47. The number of nitrogens with zero attached hydrogens (tertiary/aromatic N) is 3. The second kappa shape index (κ2) is 5.65. The molecule has 3 unspecified atom stereocenters. The van der Waals surface area contributed by atoms with Crippen molar-refractivity contribution in [1.82, 2.24) is 14.8 Å². The van der Waals surface area contributed by atoms with Gasteiger partial charge in [-0.1, -0.05) is 26.7 Å². The average Bonchev–Trinajstić information content (AvgIpc) is 2.99. The predicted molar refractivity (Wildman–Crippen MR) is 80.9 cm³/mol. The molecule has 0 aromatic carbocycles. The van der Waals surface area contributed by atoms with Crippen LogP contribution in [0.4, 0.5) is 5.69 Å². The quantitative estimate of drug-likeness (QED) is 0.928. The first-order valence-electron chi connectivity index (χ1n) is 7.46. The van der Waals surface area contributed by atoms with Gasteiger partial charge in [-0.15, -0.1) is 0 Å². The van der Waals surface area contributed by atoms with Gasteiger partial charge in [0.2, 0.25) is 0 Å². The zero-order valence-corrected chi connectivity index (χ0v) is 12.2. The molecule has 106 valence electrons. The van der Waals surface area contributed by atoms with Gasteiger partial charge in [0.1, 0.15) is 0 Å². The van der Waals surface area contributed by atoms with Crippen molar-refractivity contribution < 1.29 is 0 Å². The van der Waals surface area contributed by atoms with E-state index in [1.165, 1.54) is 19.3 Å². The van der Waals surface area contributed by atoms with E-state index in [4.69, 9.17) is 0 Å². The first-order valence-corrected chi connectivity index (χ1v) is 7.46. The van der Waals surface area contributed by atoms with E-state index in [9.17, 15) is 0 Å². The van der Waals surface area contributed by atoms with Gasteiger partial charge in [0.25, 0.3) is 0 Å². The van der Waals surface area contributed by atoms with Crippen molar-refractivity contribution in [2.24, 2.45) is 11.8 Å². The number of pyridine rings is 1. The molecule has 1 saturated carbocycles. The molecule has 0 saturated heterocycles. The fourth-order valence-corrected chi connectivity index (χ4v) is 3.01. The standard InChI is InChI=1S/C16H22N4/c1-12-5-3-6-15(13(12)2)19-14-7-8-16(17-11-14)20-10-4-9-18-20/h4,7-13,15,19H,3,5-6H2,1-2H3. The molecule has 20 heavy (non-hydrogen) atoms. The van der Waals surface area contributed by atoms with Crippen LogP contribution in [0.1, 0.15) is 33.1 Å². The number of hydrogen-bond donors (Lipinski definition) is 1. The van der Waals surface area contributed by atoms with Crippen LogP contribution in [0.2, 0.25) is 0 Å². The first kappa shape index (κ1) is 13.2. The van der Waals surface area contributed by atoms with Gasteiger partial charge in [-0.3, -0.25) is 0 Å². The highest BCUT2D eigenvalue weighted by molar-refractivity contribution is 5.44. The average molecular weight is 270 g/mol. The number of hydrogen-bond acceptors (Lipinski definition) is 3. The second-order valence-corrected chi connectivity index (χ2v) is 5.87. The molecule has 3 rings (SSSR count).